The molecule has 118 valence electrons. The molecule has 1 atom stereocenters. The van der Waals surface area contributed by atoms with Crippen LogP contribution in [0.25, 0.3) is 0 Å². The van der Waals surface area contributed by atoms with Crippen LogP contribution in [0.5, 0.6) is 5.75 Å². The number of benzene rings is 1. The van der Waals surface area contributed by atoms with Gasteiger partial charge >= 0.3 is 0 Å². The molecule has 1 N–H and O–H groups in total. The second-order valence-electron chi connectivity index (χ2n) is 5.82. The fraction of sp³-hybridized carbons (Fsp3) is 0.625. The minimum atomic E-state index is -3.30. The Labute approximate surface area is 127 Å². The van der Waals surface area contributed by atoms with E-state index in [0.717, 1.165) is 31.2 Å². The van der Waals surface area contributed by atoms with Gasteiger partial charge in [0, 0.05) is 12.1 Å². The molecule has 0 spiro atoms. The Morgan fingerprint density at radius 1 is 1.33 bits per heavy atom. The Morgan fingerprint density at radius 3 is 2.71 bits per heavy atom. The first-order valence-electron chi connectivity index (χ1n) is 7.61. The number of sulfone groups is 1. The van der Waals surface area contributed by atoms with Crippen LogP contribution in [0.15, 0.2) is 23.1 Å². The van der Waals surface area contributed by atoms with Crippen LogP contribution >= 0.6 is 0 Å². The van der Waals surface area contributed by atoms with E-state index in [9.17, 15) is 8.42 Å². The summed E-state index contributed by atoms with van der Waals surface area (Å²) in [6, 6.07) is 5.32. The molecule has 0 radical (unpaired) electrons. The fourth-order valence-electron chi connectivity index (χ4n) is 2.95. The molecule has 0 saturated carbocycles. The molecule has 1 aliphatic rings. The minimum absolute atomic E-state index is 0.163. The maximum atomic E-state index is 12.8. The maximum Gasteiger partial charge on any atom is 0.180 e. The first-order chi connectivity index (χ1) is 9.96. The summed E-state index contributed by atoms with van der Waals surface area (Å²) in [7, 11) is -1.75. The summed E-state index contributed by atoms with van der Waals surface area (Å²) in [4.78, 5) is 0.418. The van der Waals surface area contributed by atoms with E-state index in [4.69, 9.17) is 4.74 Å². The van der Waals surface area contributed by atoms with Crippen LogP contribution in [-0.4, -0.2) is 26.8 Å². The standard InChI is InChI=1S/C16H25NO3S/c1-4-6-9-16(5-2)12-21(18,19)15-10-14(20-3)8-7-13(15)11-17-16/h7-8,10,17H,4-6,9,11-12H2,1-3H3/t16-/m1/s1. The predicted molar refractivity (Wildman–Crippen MR) is 84.4 cm³/mol. The molecule has 5 heteroatoms. The van der Waals surface area contributed by atoms with Crippen molar-refractivity contribution in [3.05, 3.63) is 23.8 Å². The molecule has 0 amide bonds. The van der Waals surface area contributed by atoms with E-state index in [1.54, 1.807) is 13.2 Å². The van der Waals surface area contributed by atoms with Crippen LogP contribution in [0.2, 0.25) is 0 Å². The average Bonchev–Trinajstić information content (AvgIpc) is 2.60. The second-order valence-corrected chi connectivity index (χ2v) is 7.78. The molecule has 0 saturated heterocycles. The lowest BCUT2D eigenvalue weighted by Gasteiger charge is -2.32. The second kappa shape index (κ2) is 6.36. The van der Waals surface area contributed by atoms with Gasteiger partial charge in [0.15, 0.2) is 9.84 Å². The molecule has 1 aliphatic heterocycles. The highest BCUT2D eigenvalue weighted by Gasteiger charge is 2.37. The van der Waals surface area contributed by atoms with Gasteiger partial charge in [0.25, 0.3) is 0 Å². The van der Waals surface area contributed by atoms with Gasteiger partial charge in [0.05, 0.1) is 17.8 Å². The molecule has 21 heavy (non-hydrogen) atoms. The van der Waals surface area contributed by atoms with Gasteiger partial charge in [-0.05, 0) is 30.5 Å². The van der Waals surface area contributed by atoms with Crippen LogP contribution in [0.3, 0.4) is 0 Å². The molecular formula is C16H25NO3S. The lowest BCUT2D eigenvalue weighted by molar-refractivity contribution is 0.313. The minimum Gasteiger partial charge on any atom is -0.497 e. The Hall–Kier alpha value is -1.07. The fourth-order valence-corrected chi connectivity index (χ4v) is 5.12. The van der Waals surface area contributed by atoms with Crippen molar-refractivity contribution in [1.29, 1.82) is 0 Å². The van der Waals surface area contributed by atoms with E-state index >= 15 is 0 Å². The summed E-state index contributed by atoms with van der Waals surface area (Å²) in [5.41, 5.74) is 0.517. The third-order valence-corrected chi connectivity index (χ3v) is 6.40. The molecular weight excluding hydrogens is 286 g/mol. The quantitative estimate of drug-likeness (QED) is 0.908. The number of hydrogen-bond acceptors (Lipinski definition) is 4. The van der Waals surface area contributed by atoms with Crippen molar-refractivity contribution in [2.75, 3.05) is 12.9 Å². The van der Waals surface area contributed by atoms with E-state index in [2.05, 4.69) is 19.2 Å². The first kappa shape index (κ1) is 16.3. The molecule has 1 heterocycles. The van der Waals surface area contributed by atoms with Gasteiger partial charge in [-0.3, -0.25) is 0 Å². The van der Waals surface area contributed by atoms with Crippen molar-refractivity contribution in [3.63, 3.8) is 0 Å². The van der Waals surface area contributed by atoms with Gasteiger partial charge in [-0.15, -0.1) is 0 Å². The smallest absolute Gasteiger partial charge is 0.180 e. The molecule has 4 nitrogen and oxygen atoms in total. The van der Waals surface area contributed by atoms with Crippen LogP contribution < -0.4 is 10.1 Å². The Balaban J connectivity index is 2.41. The highest BCUT2D eigenvalue weighted by Crippen LogP contribution is 2.32. The summed E-state index contributed by atoms with van der Waals surface area (Å²) >= 11 is 0. The zero-order valence-electron chi connectivity index (χ0n) is 13.1. The van der Waals surface area contributed by atoms with E-state index in [1.165, 1.54) is 0 Å². The third-order valence-electron chi connectivity index (χ3n) is 4.42. The van der Waals surface area contributed by atoms with Crippen molar-refractivity contribution in [1.82, 2.24) is 5.32 Å². The first-order valence-corrected chi connectivity index (χ1v) is 9.26. The number of fused-ring (bicyclic) bond motifs is 1. The van der Waals surface area contributed by atoms with Crippen molar-refractivity contribution in [3.8, 4) is 5.75 Å². The SMILES string of the molecule is CCCC[C@]1(CC)CS(=O)(=O)c2cc(OC)ccc2CN1. The van der Waals surface area contributed by atoms with Crippen molar-refractivity contribution >= 4 is 9.84 Å². The number of hydrogen-bond donors (Lipinski definition) is 1. The van der Waals surface area contributed by atoms with E-state index in [-0.39, 0.29) is 11.3 Å². The van der Waals surface area contributed by atoms with E-state index in [1.807, 2.05) is 12.1 Å². The zero-order valence-corrected chi connectivity index (χ0v) is 13.9. The monoisotopic (exact) mass is 311 g/mol. The summed E-state index contributed by atoms with van der Waals surface area (Å²) in [6.07, 6.45) is 3.82. The number of nitrogens with one attached hydrogen (secondary N) is 1. The van der Waals surface area contributed by atoms with E-state index in [0.29, 0.717) is 17.2 Å². The average molecular weight is 311 g/mol. The Bertz CT molecular complexity index is 598. The number of ether oxygens (including phenoxy) is 1. The van der Waals surface area contributed by atoms with Gasteiger partial charge < -0.3 is 10.1 Å². The largest absolute Gasteiger partial charge is 0.497 e. The molecule has 0 aromatic heterocycles. The maximum absolute atomic E-state index is 12.8. The highest BCUT2D eigenvalue weighted by molar-refractivity contribution is 7.91. The normalized spacial score (nSPS) is 24.1. The topological polar surface area (TPSA) is 55.4 Å². The molecule has 2 rings (SSSR count). The summed E-state index contributed by atoms with van der Waals surface area (Å²) in [5.74, 6) is 0.756. The highest BCUT2D eigenvalue weighted by atomic mass is 32.2. The molecule has 0 aliphatic carbocycles. The van der Waals surface area contributed by atoms with Gasteiger partial charge in [-0.1, -0.05) is 32.8 Å². The number of rotatable bonds is 5. The van der Waals surface area contributed by atoms with E-state index < -0.39 is 9.84 Å². The van der Waals surface area contributed by atoms with Crippen LogP contribution in [0.4, 0.5) is 0 Å². The molecule has 0 fully saturated rings. The van der Waals surface area contributed by atoms with Gasteiger partial charge in [-0.2, -0.15) is 0 Å². The summed E-state index contributed by atoms with van der Waals surface area (Å²) < 4.78 is 30.8. The van der Waals surface area contributed by atoms with Crippen LogP contribution in [0.1, 0.15) is 45.1 Å². The molecule has 1 aromatic rings. The summed E-state index contributed by atoms with van der Waals surface area (Å²) in [6.45, 7) is 4.79. The summed E-state index contributed by atoms with van der Waals surface area (Å²) in [5, 5.41) is 3.51. The zero-order chi connectivity index (χ0) is 15.5. The van der Waals surface area contributed by atoms with Crippen molar-refractivity contribution < 1.29 is 13.2 Å². The molecule has 0 unspecified atom stereocenters. The number of unbranched alkanes of at least 4 members (excludes halogenated alkanes) is 1. The Kier molecular flexibility index (Phi) is 4.94. The third kappa shape index (κ3) is 3.40. The van der Waals surface area contributed by atoms with Crippen LogP contribution in [0, 0.1) is 0 Å². The van der Waals surface area contributed by atoms with Gasteiger partial charge in [0.2, 0.25) is 0 Å². The predicted octanol–water partition coefficient (Wildman–Crippen LogP) is 2.91. The Morgan fingerprint density at radius 2 is 2.10 bits per heavy atom. The van der Waals surface area contributed by atoms with Crippen molar-refractivity contribution in [2.45, 2.75) is 56.5 Å². The van der Waals surface area contributed by atoms with Crippen LogP contribution in [-0.2, 0) is 16.4 Å². The lowest BCUT2D eigenvalue weighted by atomic mass is 9.91. The van der Waals surface area contributed by atoms with Gasteiger partial charge in [-0.25, -0.2) is 8.42 Å². The molecule has 0 bridgehead atoms. The number of methoxy groups -OCH3 is 1. The van der Waals surface area contributed by atoms with Crippen molar-refractivity contribution in [2.24, 2.45) is 0 Å². The van der Waals surface area contributed by atoms with Gasteiger partial charge in [0.1, 0.15) is 5.75 Å². The molecule has 1 aromatic carbocycles. The lowest BCUT2D eigenvalue weighted by Crippen LogP contribution is -2.48.